The summed E-state index contributed by atoms with van der Waals surface area (Å²) >= 11 is 1.81. The number of rotatable bonds is 9. The summed E-state index contributed by atoms with van der Waals surface area (Å²) in [5.74, 6) is 3.81. The average molecular weight is 530 g/mol. The summed E-state index contributed by atoms with van der Waals surface area (Å²) in [5, 5.41) is 7.06. The van der Waals surface area contributed by atoms with E-state index in [0.29, 0.717) is 6.04 Å². The smallest absolute Gasteiger partial charge is 0.191 e. The van der Waals surface area contributed by atoms with Gasteiger partial charge < -0.3 is 24.7 Å². The predicted octanol–water partition coefficient (Wildman–Crippen LogP) is 3.63. The average Bonchev–Trinajstić information content (AvgIpc) is 3.40. The molecule has 0 aliphatic carbocycles. The molecule has 1 unspecified atom stereocenters. The fourth-order valence-electron chi connectivity index (χ4n) is 3.34. The highest BCUT2D eigenvalue weighted by Gasteiger charge is 2.25. The number of anilines is 1. The van der Waals surface area contributed by atoms with Crippen molar-refractivity contribution in [3.8, 4) is 5.75 Å². The van der Waals surface area contributed by atoms with Crippen LogP contribution in [0.4, 0.5) is 5.69 Å². The van der Waals surface area contributed by atoms with Gasteiger partial charge in [0.25, 0.3) is 0 Å². The Morgan fingerprint density at radius 3 is 2.93 bits per heavy atom. The van der Waals surface area contributed by atoms with Crippen molar-refractivity contribution in [2.75, 3.05) is 50.2 Å². The number of ether oxygens (including phenoxy) is 1. The van der Waals surface area contributed by atoms with E-state index in [2.05, 4.69) is 33.9 Å². The molecule has 1 aromatic heterocycles. The van der Waals surface area contributed by atoms with Crippen LogP contribution in [0.2, 0.25) is 0 Å². The molecule has 1 aliphatic heterocycles. The van der Waals surface area contributed by atoms with E-state index in [4.69, 9.17) is 14.1 Å². The summed E-state index contributed by atoms with van der Waals surface area (Å²) < 4.78 is 10.9. The van der Waals surface area contributed by atoms with Crippen LogP contribution in [-0.4, -0.2) is 57.3 Å². The number of nitrogens with zero attached hydrogens (tertiary/aromatic N) is 2. The highest BCUT2D eigenvalue weighted by molar-refractivity contribution is 14.0. The molecule has 2 N–H and O–H groups in total. The highest BCUT2D eigenvalue weighted by Crippen LogP contribution is 2.30. The number of nitrogens with one attached hydrogen (secondary N) is 2. The zero-order chi connectivity index (χ0) is 19.6. The Balaban J connectivity index is 0.00000300. The van der Waals surface area contributed by atoms with Crippen LogP contribution in [0.1, 0.15) is 12.2 Å². The molecule has 3 rings (SSSR count). The molecule has 2 aromatic rings. The van der Waals surface area contributed by atoms with Crippen LogP contribution in [-0.2, 0) is 6.42 Å². The molecule has 2 heterocycles. The van der Waals surface area contributed by atoms with E-state index in [9.17, 15) is 0 Å². The van der Waals surface area contributed by atoms with Crippen LogP contribution in [0, 0.1) is 0 Å². The van der Waals surface area contributed by atoms with E-state index < -0.39 is 0 Å². The third-order valence-electron chi connectivity index (χ3n) is 4.76. The highest BCUT2D eigenvalue weighted by atomic mass is 127. The van der Waals surface area contributed by atoms with Gasteiger partial charge in [0.15, 0.2) is 5.96 Å². The molecule has 1 saturated heterocycles. The Bertz CT molecular complexity index is 742. The lowest BCUT2D eigenvalue weighted by Crippen LogP contribution is -2.45. The van der Waals surface area contributed by atoms with E-state index in [1.807, 2.05) is 36.0 Å². The number of para-hydroxylation sites is 2. The Kier molecular flexibility index (Phi) is 10.5. The van der Waals surface area contributed by atoms with Gasteiger partial charge in [0.05, 0.1) is 25.6 Å². The Morgan fingerprint density at radius 2 is 2.17 bits per heavy atom. The van der Waals surface area contributed by atoms with Gasteiger partial charge >= 0.3 is 0 Å². The van der Waals surface area contributed by atoms with Gasteiger partial charge in [-0.3, -0.25) is 4.99 Å². The summed E-state index contributed by atoms with van der Waals surface area (Å²) in [4.78, 5) is 7.10. The molecule has 0 radical (unpaired) electrons. The molecule has 29 heavy (non-hydrogen) atoms. The van der Waals surface area contributed by atoms with Gasteiger partial charge in [-0.1, -0.05) is 12.1 Å². The van der Waals surface area contributed by atoms with Gasteiger partial charge in [-0.15, -0.1) is 24.0 Å². The second-order valence-electron chi connectivity index (χ2n) is 6.73. The Labute approximate surface area is 194 Å². The van der Waals surface area contributed by atoms with Gasteiger partial charge in [-0.25, -0.2) is 0 Å². The predicted molar refractivity (Wildman–Crippen MR) is 133 cm³/mol. The number of furan rings is 1. The maximum Gasteiger partial charge on any atom is 0.191 e. The van der Waals surface area contributed by atoms with Gasteiger partial charge in [0.1, 0.15) is 11.5 Å². The summed E-state index contributed by atoms with van der Waals surface area (Å²) in [7, 11) is 1.73. The SMILES string of the molecule is COc1ccccc1N1CCC(NC(=NCCSC)NCCc2ccco2)C1.I. The zero-order valence-electron chi connectivity index (χ0n) is 17.1. The largest absolute Gasteiger partial charge is 0.495 e. The normalized spacial score (nSPS) is 16.4. The van der Waals surface area contributed by atoms with Crippen molar-refractivity contribution in [1.29, 1.82) is 0 Å². The van der Waals surface area contributed by atoms with Crippen molar-refractivity contribution < 1.29 is 9.15 Å². The molecule has 1 atom stereocenters. The van der Waals surface area contributed by atoms with E-state index in [-0.39, 0.29) is 24.0 Å². The first-order valence-corrected chi connectivity index (χ1v) is 11.1. The second-order valence-corrected chi connectivity index (χ2v) is 7.71. The lowest BCUT2D eigenvalue weighted by atomic mass is 10.2. The van der Waals surface area contributed by atoms with Crippen LogP contribution in [0.25, 0.3) is 0 Å². The molecule has 6 nitrogen and oxygen atoms in total. The molecule has 8 heteroatoms. The first-order chi connectivity index (χ1) is 13.8. The van der Waals surface area contributed by atoms with Crippen molar-refractivity contribution >= 4 is 47.4 Å². The van der Waals surface area contributed by atoms with Crippen LogP contribution < -0.4 is 20.3 Å². The minimum Gasteiger partial charge on any atom is -0.495 e. The van der Waals surface area contributed by atoms with Crippen molar-refractivity contribution in [2.24, 2.45) is 4.99 Å². The van der Waals surface area contributed by atoms with E-state index in [1.54, 1.807) is 13.4 Å². The minimum atomic E-state index is 0. The number of benzene rings is 1. The zero-order valence-corrected chi connectivity index (χ0v) is 20.2. The molecular weight excluding hydrogens is 499 g/mol. The molecular formula is C21H31IN4O2S. The Hall–Kier alpha value is -1.55. The molecule has 1 aliphatic rings. The fraction of sp³-hybridized carbons (Fsp3) is 0.476. The van der Waals surface area contributed by atoms with Crippen molar-refractivity contribution in [3.05, 3.63) is 48.4 Å². The molecule has 0 bridgehead atoms. The summed E-state index contributed by atoms with van der Waals surface area (Å²) in [6, 6.07) is 12.5. The Morgan fingerprint density at radius 1 is 1.31 bits per heavy atom. The number of halogens is 1. The standard InChI is InChI=1S/C21H30N4O2S.HI/c1-26-20-8-4-3-7-19(20)25-13-10-17(16-25)24-21(23-12-15-28-2)22-11-9-18-6-5-14-27-18;/h3-8,14,17H,9-13,15-16H2,1-2H3,(H2,22,23,24);1H. The molecule has 0 spiro atoms. The fourth-order valence-corrected chi connectivity index (χ4v) is 3.62. The van der Waals surface area contributed by atoms with E-state index >= 15 is 0 Å². The lowest BCUT2D eigenvalue weighted by molar-refractivity contribution is 0.415. The summed E-state index contributed by atoms with van der Waals surface area (Å²) in [6.45, 7) is 3.53. The molecule has 1 aromatic carbocycles. The van der Waals surface area contributed by atoms with Crippen LogP contribution in [0.15, 0.2) is 52.1 Å². The number of hydrogen-bond acceptors (Lipinski definition) is 5. The maximum absolute atomic E-state index is 5.52. The molecule has 1 fully saturated rings. The van der Waals surface area contributed by atoms with Crippen molar-refractivity contribution in [1.82, 2.24) is 10.6 Å². The van der Waals surface area contributed by atoms with Gasteiger partial charge in [-0.05, 0) is 36.9 Å². The quantitative estimate of drug-likeness (QED) is 0.224. The first-order valence-electron chi connectivity index (χ1n) is 9.74. The molecule has 0 amide bonds. The summed E-state index contributed by atoms with van der Waals surface area (Å²) in [6.07, 6.45) is 5.73. The van der Waals surface area contributed by atoms with Gasteiger partial charge in [0, 0.05) is 37.8 Å². The third kappa shape index (κ3) is 7.33. The minimum absolute atomic E-state index is 0. The molecule has 0 saturated carbocycles. The first kappa shape index (κ1) is 23.7. The number of methoxy groups -OCH3 is 1. The van der Waals surface area contributed by atoms with E-state index in [1.165, 1.54) is 0 Å². The summed E-state index contributed by atoms with van der Waals surface area (Å²) in [5.41, 5.74) is 1.15. The number of hydrogen-bond donors (Lipinski definition) is 2. The molecule has 160 valence electrons. The monoisotopic (exact) mass is 530 g/mol. The van der Waals surface area contributed by atoms with Crippen LogP contribution in [0.5, 0.6) is 5.75 Å². The van der Waals surface area contributed by atoms with Gasteiger partial charge in [0.2, 0.25) is 0 Å². The van der Waals surface area contributed by atoms with Crippen molar-refractivity contribution in [2.45, 2.75) is 18.9 Å². The number of guanidine groups is 1. The third-order valence-corrected chi connectivity index (χ3v) is 5.36. The number of thioether (sulfide) groups is 1. The van der Waals surface area contributed by atoms with E-state index in [0.717, 1.165) is 67.9 Å². The second kappa shape index (κ2) is 12.9. The maximum atomic E-state index is 5.52. The topological polar surface area (TPSA) is 62.0 Å². The number of aliphatic imine (C=N–C) groups is 1. The van der Waals surface area contributed by atoms with Crippen LogP contribution in [0.3, 0.4) is 0 Å². The lowest BCUT2D eigenvalue weighted by Gasteiger charge is -2.22. The van der Waals surface area contributed by atoms with Crippen molar-refractivity contribution in [3.63, 3.8) is 0 Å². The van der Waals surface area contributed by atoms with Gasteiger partial charge in [-0.2, -0.15) is 11.8 Å². The van der Waals surface area contributed by atoms with Crippen LogP contribution >= 0.6 is 35.7 Å².